The summed E-state index contributed by atoms with van der Waals surface area (Å²) < 4.78 is 19.2. The van der Waals surface area contributed by atoms with Gasteiger partial charge in [-0.2, -0.15) is 0 Å². The largest absolute Gasteiger partial charge is 0.444 e. The number of nitrogens with zero attached hydrogens (tertiary/aromatic N) is 2. The number of rotatable bonds is 5. The first kappa shape index (κ1) is 13.9. The van der Waals surface area contributed by atoms with Crippen molar-refractivity contribution >= 4 is 0 Å². The van der Waals surface area contributed by atoms with Gasteiger partial charge in [-0.25, -0.2) is 9.37 Å². The predicted molar refractivity (Wildman–Crippen MR) is 82.0 cm³/mol. The van der Waals surface area contributed by atoms with E-state index in [4.69, 9.17) is 4.42 Å². The predicted octanol–water partition coefficient (Wildman–Crippen LogP) is 3.95. The summed E-state index contributed by atoms with van der Waals surface area (Å²) in [6.45, 7) is 2.34. The first-order valence-electron chi connectivity index (χ1n) is 8.21. The topological polar surface area (TPSA) is 29.3 Å². The Kier molecular flexibility index (Phi) is 3.70. The molecule has 4 heteroatoms. The Morgan fingerprint density at radius 1 is 1.27 bits per heavy atom. The molecule has 22 heavy (non-hydrogen) atoms. The molecule has 1 aliphatic heterocycles. The standard InChI is InChI=1S/C18H21FN2O/c19-15-4-1-3-14(9-15)10-16-11-20-18(22-16)17-5-2-8-21(17)12-13-6-7-13/h1,3-4,9,11,13,17H,2,5-8,10,12H2/t17-/m1/s1. The van der Waals surface area contributed by atoms with Crippen LogP contribution in [0.4, 0.5) is 4.39 Å². The molecule has 1 saturated carbocycles. The number of aromatic nitrogens is 1. The second kappa shape index (κ2) is 5.84. The van der Waals surface area contributed by atoms with E-state index in [1.807, 2.05) is 6.07 Å². The van der Waals surface area contributed by atoms with Crippen LogP contribution in [0, 0.1) is 11.7 Å². The highest BCUT2D eigenvalue weighted by Gasteiger charge is 2.34. The molecule has 1 aromatic carbocycles. The summed E-state index contributed by atoms with van der Waals surface area (Å²) in [4.78, 5) is 7.02. The molecule has 1 aromatic heterocycles. The average Bonchev–Trinajstić information content (AvgIpc) is 2.99. The molecule has 0 bridgehead atoms. The van der Waals surface area contributed by atoms with Crippen LogP contribution >= 0.6 is 0 Å². The van der Waals surface area contributed by atoms with Crippen molar-refractivity contribution in [3.8, 4) is 0 Å². The van der Waals surface area contributed by atoms with Crippen molar-refractivity contribution in [2.24, 2.45) is 5.92 Å². The highest BCUT2D eigenvalue weighted by molar-refractivity contribution is 5.21. The van der Waals surface area contributed by atoms with Crippen LogP contribution in [-0.2, 0) is 6.42 Å². The number of benzene rings is 1. The van der Waals surface area contributed by atoms with Crippen LogP contribution in [0.5, 0.6) is 0 Å². The summed E-state index contributed by atoms with van der Waals surface area (Å²) in [5.74, 6) is 2.34. The molecule has 2 aliphatic rings. The van der Waals surface area contributed by atoms with Crippen molar-refractivity contribution in [2.75, 3.05) is 13.1 Å². The molecule has 0 N–H and O–H groups in total. The van der Waals surface area contributed by atoms with Crippen molar-refractivity contribution in [2.45, 2.75) is 38.1 Å². The maximum Gasteiger partial charge on any atom is 0.211 e. The lowest BCUT2D eigenvalue weighted by molar-refractivity contribution is 0.212. The average molecular weight is 300 g/mol. The van der Waals surface area contributed by atoms with Crippen molar-refractivity contribution in [1.82, 2.24) is 9.88 Å². The van der Waals surface area contributed by atoms with Gasteiger partial charge in [0.2, 0.25) is 5.89 Å². The quantitative estimate of drug-likeness (QED) is 0.837. The zero-order chi connectivity index (χ0) is 14.9. The lowest BCUT2D eigenvalue weighted by Crippen LogP contribution is -2.25. The van der Waals surface area contributed by atoms with Crippen molar-refractivity contribution in [3.05, 3.63) is 53.5 Å². The SMILES string of the molecule is Fc1cccc(Cc2cnc([C@H]3CCCN3CC3CC3)o2)c1. The number of oxazole rings is 1. The molecule has 0 amide bonds. The lowest BCUT2D eigenvalue weighted by atomic mass is 10.1. The molecule has 0 radical (unpaired) electrons. The number of hydrogen-bond acceptors (Lipinski definition) is 3. The molecule has 1 aliphatic carbocycles. The Morgan fingerprint density at radius 2 is 2.18 bits per heavy atom. The normalized spacial score (nSPS) is 22.3. The van der Waals surface area contributed by atoms with Crippen molar-refractivity contribution < 1.29 is 8.81 Å². The maximum atomic E-state index is 13.2. The number of likely N-dealkylation sites (tertiary alicyclic amines) is 1. The van der Waals surface area contributed by atoms with Gasteiger partial charge in [-0.3, -0.25) is 4.90 Å². The van der Waals surface area contributed by atoms with E-state index in [0.717, 1.165) is 36.1 Å². The van der Waals surface area contributed by atoms with Crippen LogP contribution in [0.25, 0.3) is 0 Å². The van der Waals surface area contributed by atoms with Gasteiger partial charge in [-0.05, 0) is 55.8 Å². The molecule has 1 atom stereocenters. The molecular formula is C18H21FN2O. The van der Waals surface area contributed by atoms with Crippen LogP contribution < -0.4 is 0 Å². The van der Waals surface area contributed by atoms with Crippen LogP contribution in [0.2, 0.25) is 0 Å². The van der Waals surface area contributed by atoms with E-state index in [-0.39, 0.29) is 5.82 Å². The van der Waals surface area contributed by atoms with E-state index in [1.165, 1.54) is 31.9 Å². The lowest BCUT2D eigenvalue weighted by Gasteiger charge is -2.21. The maximum absolute atomic E-state index is 13.2. The Balaban J connectivity index is 1.46. The minimum Gasteiger partial charge on any atom is -0.444 e. The summed E-state index contributed by atoms with van der Waals surface area (Å²) in [5, 5.41) is 0. The summed E-state index contributed by atoms with van der Waals surface area (Å²) in [6.07, 6.45) is 7.50. The van der Waals surface area contributed by atoms with Gasteiger partial charge < -0.3 is 4.42 Å². The summed E-state index contributed by atoms with van der Waals surface area (Å²) >= 11 is 0. The molecule has 4 rings (SSSR count). The van der Waals surface area contributed by atoms with Crippen LogP contribution in [0.3, 0.4) is 0 Å². The van der Waals surface area contributed by atoms with E-state index < -0.39 is 0 Å². The van der Waals surface area contributed by atoms with E-state index >= 15 is 0 Å². The fourth-order valence-corrected chi connectivity index (χ4v) is 3.36. The monoisotopic (exact) mass is 300 g/mol. The zero-order valence-electron chi connectivity index (χ0n) is 12.7. The Hall–Kier alpha value is -1.68. The Labute approximate surface area is 130 Å². The fourth-order valence-electron chi connectivity index (χ4n) is 3.36. The highest BCUT2D eigenvalue weighted by atomic mass is 19.1. The minimum absolute atomic E-state index is 0.205. The highest BCUT2D eigenvalue weighted by Crippen LogP contribution is 2.37. The van der Waals surface area contributed by atoms with Gasteiger partial charge in [0.15, 0.2) is 0 Å². The molecule has 0 spiro atoms. The number of hydrogen-bond donors (Lipinski definition) is 0. The third-order valence-electron chi connectivity index (χ3n) is 4.68. The van der Waals surface area contributed by atoms with Crippen molar-refractivity contribution in [3.63, 3.8) is 0 Å². The van der Waals surface area contributed by atoms with Crippen LogP contribution in [-0.4, -0.2) is 23.0 Å². The van der Waals surface area contributed by atoms with Gasteiger partial charge in [0.05, 0.1) is 12.2 Å². The minimum atomic E-state index is -0.205. The van der Waals surface area contributed by atoms with Gasteiger partial charge >= 0.3 is 0 Å². The first-order valence-corrected chi connectivity index (χ1v) is 8.21. The number of halogens is 1. The molecule has 2 aromatic rings. The fraction of sp³-hybridized carbons (Fsp3) is 0.500. The summed E-state index contributed by atoms with van der Waals surface area (Å²) in [7, 11) is 0. The van der Waals surface area contributed by atoms with Gasteiger partial charge in [-0.1, -0.05) is 12.1 Å². The van der Waals surface area contributed by atoms with Gasteiger partial charge in [0.1, 0.15) is 11.6 Å². The molecule has 2 heterocycles. The third-order valence-corrected chi connectivity index (χ3v) is 4.68. The van der Waals surface area contributed by atoms with E-state index in [2.05, 4.69) is 9.88 Å². The molecule has 1 saturated heterocycles. The molecule has 0 unspecified atom stereocenters. The second-order valence-electron chi connectivity index (χ2n) is 6.57. The van der Waals surface area contributed by atoms with Crippen molar-refractivity contribution in [1.29, 1.82) is 0 Å². The summed E-state index contributed by atoms with van der Waals surface area (Å²) in [5.41, 5.74) is 0.920. The third kappa shape index (κ3) is 3.07. The Morgan fingerprint density at radius 3 is 3.00 bits per heavy atom. The molecular weight excluding hydrogens is 279 g/mol. The first-order chi connectivity index (χ1) is 10.8. The van der Waals surface area contributed by atoms with Gasteiger partial charge in [0, 0.05) is 13.0 Å². The smallest absolute Gasteiger partial charge is 0.211 e. The van der Waals surface area contributed by atoms with Crippen LogP contribution in [0.1, 0.15) is 48.9 Å². The second-order valence-corrected chi connectivity index (χ2v) is 6.57. The van der Waals surface area contributed by atoms with E-state index in [1.54, 1.807) is 18.3 Å². The van der Waals surface area contributed by atoms with Gasteiger partial charge in [-0.15, -0.1) is 0 Å². The molecule has 2 fully saturated rings. The van der Waals surface area contributed by atoms with E-state index in [0.29, 0.717) is 12.5 Å². The molecule has 116 valence electrons. The molecule has 3 nitrogen and oxygen atoms in total. The summed E-state index contributed by atoms with van der Waals surface area (Å²) in [6, 6.07) is 7.00. The van der Waals surface area contributed by atoms with E-state index in [9.17, 15) is 4.39 Å². The van der Waals surface area contributed by atoms with Crippen LogP contribution in [0.15, 0.2) is 34.9 Å². The van der Waals surface area contributed by atoms with Gasteiger partial charge in [0.25, 0.3) is 0 Å². The zero-order valence-corrected chi connectivity index (χ0v) is 12.7. The Bertz CT molecular complexity index is 650.